The lowest BCUT2D eigenvalue weighted by atomic mass is 9.91. The molecule has 0 amide bonds. The highest BCUT2D eigenvalue weighted by Crippen LogP contribution is 2.31. The second-order valence-electron chi connectivity index (χ2n) is 7.97. The van der Waals surface area contributed by atoms with Crippen LogP contribution in [0.5, 0.6) is 11.5 Å². The second kappa shape index (κ2) is 11.3. The lowest BCUT2D eigenvalue weighted by Crippen LogP contribution is -2.40. The van der Waals surface area contributed by atoms with Crippen molar-refractivity contribution in [2.75, 3.05) is 19.8 Å². The van der Waals surface area contributed by atoms with E-state index in [0.29, 0.717) is 24.5 Å². The standard InChI is InChI=1S/C25H26N2O6S/c28-19(16-31-20-5-7-22(8-6-20)34-23-15-26-10-11-27-23)17-32-21-4-1-3-18(13-21)14-25(24(29)30)9-2-12-33-25/h1,3-8,10-11,13,15,19,28H,2,9,12,14,16-17H2,(H,29,30)/t19-,25?/m1/s1. The van der Waals surface area contributed by atoms with Gasteiger partial charge in [-0.05, 0) is 54.8 Å². The predicted octanol–water partition coefficient (Wildman–Crippen LogP) is 3.62. The van der Waals surface area contributed by atoms with E-state index in [1.54, 1.807) is 36.8 Å². The third-order valence-corrected chi connectivity index (χ3v) is 6.28. The molecule has 1 aliphatic rings. The number of nitrogens with zero attached hydrogens (tertiary/aromatic N) is 2. The van der Waals surface area contributed by atoms with Crippen molar-refractivity contribution < 1.29 is 29.2 Å². The van der Waals surface area contributed by atoms with E-state index in [2.05, 4.69) is 9.97 Å². The molecule has 0 spiro atoms. The summed E-state index contributed by atoms with van der Waals surface area (Å²) < 4.78 is 16.9. The minimum atomic E-state index is -1.17. The van der Waals surface area contributed by atoms with Crippen molar-refractivity contribution in [1.29, 1.82) is 0 Å². The summed E-state index contributed by atoms with van der Waals surface area (Å²) in [4.78, 5) is 21.0. The Bertz CT molecular complexity index is 1070. The zero-order valence-electron chi connectivity index (χ0n) is 18.5. The van der Waals surface area contributed by atoms with Gasteiger partial charge in [-0.2, -0.15) is 0 Å². The monoisotopic (exact) mass is 482 g/mol. The number of aliphatic carboxylic acids is 1. The number of aliphatic hydroxyl groups excluding tert-OH is 1. The Kier molecular flexibility index (Phi) is 7.99. The third kappa shape index (κ3) is 6.47. The van der Waals surface area contributed by atoms with Crippen molar-refractivity contribution in [3.63, 3.8) is 0 Å². The van der Waals surface area contributed by atoms with Crippen molar-refractivity contribution in [2.45, 2.75) is 40.9 Å². The highest BCUT2D eigenvalue weighted by atomic mass is 32.2. The van der Waals surface area contributed by atoms with E-state index in [0.717, 1.165) is 21.9 Å². The topological polar surface area (TPSA) is 111 Å². The van der Waals surface area contributed by atoms with E-state index < -0.39 is 17.7 Å². The van der Waals surface area contributed by atoms with E-state index in [1.165, 1.54) is 11.8 Å². The van der Waals surface area contributed by atoms with Crippen molar-refractivity contribution >= 4 is 17.7 Å². The van der Waals surface area contributed by atoms with Crippen LogP contribution in [0.2, 0.25) is 0 Å². The molecule has 34 heavy (non-hydrogen) atoms. The number of hydrogen-bond acceptors (Lipinski definition) is 8. The number of aliphatic hydroxyl groups is 1. The Morgan fingerprint density at radius 2 is 1.91 bits per heavy atom. The zero-order chi connectivity index (χ0) is 23.8. The molecule has 1 aliphatic heterocycles. The van der Waals surface area contributed by atoms with Gasteiger partial charge < -0.3 is 24.4 Å². The summed E-state index contributed by atoms with van der Waals surface area (Å²) in [5.74, 6) is 0.254. The van der Waals surface area contributed by atoms with Gasteiger partial charge in [0.15, 0.2) is 5.60 Å². The molecule has 2 aromatic carbocycles. The molecular weight excluding hydrogens is 456 g/mol. The van der Waals surface area contributed by atoms with E-state index in [1.807, 2.05) is 30.3 Å². The average molecular weight is 483 g/mol. The Labute approximate surface area is 201 Å². The Morgan fingerprint density at radius 3 is 2.59 bits per heavy atom. The fourth-order valence-electron chi connectivity index (χ4n) is 3.65. The summed E-state index contributed by atoms with van der Waals surface area (Å²) in [6.45, 7) is 0.578. The molecule has 178 valence electrons. The van der Waals surface area contributed by atoms with Crippen LogP contribution >= 0.6 is 11.8 Å². The average Bonchev–Trinajstić information content (AvgIpc) is 3.33. The number of carboxylic acid groups (broad SMARTS) is 1. The fraction of sp³-hybridized carbons (Fsp3) is 0.320. The third-order valence-electron chi connectivity index (χ3n) is 5.35. The molecule has 0 aliphatic carbocycles. The highest BCUT2D eigenvalue weighted by molar-refractivity contribution is 7.99. The first kappa shape index (κ1) is 24.0. The summed E-state index contributed by atoms with van der Waals surface area (Å²) in [6, 6.07) is 14.7. The van der Waals surface area contributed by atoms with Crippen LogP contribution in [0.4, 0.5) is 0 Å². The van der Waals surface area contributed by atoms with Gasteiger partial charge in [-0.15, -0.1) is 0 Å². The van der Waals surface area contributed by atoms with Crippen LogP contribution in [0.25, 0.3) is 0 Å². The van der Waals surface area contributed by atoms with Crippen LogP contribution in [-0.4, -0.2) is 57.7 Å². The largest absolute Gasteiger partial charge is 0.491 e. The molecule has 4 rings (SSSR count). The number of benzene rings is 2. The molecule has 1 aromatic heterocycles. The van der Waals surface area contributed by atoms with Gasteiger partial charge in [0, 0.05) is 30.3 Å². The van der Waals surface area contributed by atoms with Crippen LogP contribution in [-0.2, 0) is 16.0 Å². The maximum Gasteiger partial charge on any atom is 0.336 e. The second-order valence-corrected chi connectivity index (χ2v) is 9.06. The summed E-state index contributed by atoms with van der Waals surface area (Å²) >= 11 is 1.50. The molecular formula is C25H26N2O6S. The number of aromatic nitrogens is 2. The van der Waals surface area contributed by atoms with E-state index >= 15 is 0 Å². The molecule has 2 atom stereocenters. The normalized spacial score (nSPS) is 18.4. The van der Waals surface area contributed by atoms with E-state index in [9.17, 15) is 15.0 Å². The van der Waals surface area contributed by atoms with Gasteiger partial charge >= 0.3 is 5.97 Å². The van der Waals surface area contributed by atoms with Crippen molar-refractivity contribution in [2.24, 2.45) is 0 Å². The van der Waals surface area contributed by atoms with Gasteiger partial charge in [0.05, 0.1) is 6.20 Å². The minimum Gasteiger partial charge on any atom is -0.491 e. The molecule has 2 heterocycles. The van der Waals surface area contributed by atoms with E-state index in [-0.39, 0.29) is 19.6 Å². The van der Waals surface area contributed by atoms with Crippen LogP contribution in [0.3, 0.4) is 0 Å². The molecule has 0 radical (unpaired) electrons. The molecule has 3 aromatic rings. The molecule has 2 N–H and O–H groups in total. The predicted molar refractivity (Wildman–Crippen MR) is 125 cm³/mol. The van der Waals surface area contributed by atoms with Gasteiger partial charge in [0.25, 0.3) is 0 Å². The molecule has 9 heteroatoms. The van der Waals surface area contributed by atoms with Gasteiger partial charge in [-0.1, -0.05) is 23.9 Å². The Morgan fingerprint density at radius 1 is 1.12 bits per heavy atom. The number of ether oxygens (including phenoxy) is 3. The molecule has 1 unspecified atom stereocenters. The summed E-state index contributed by atoms with van der Waals surface area (Å²) in [5.41, 5.74) is -0.360. The van der Waals surface area contributed by atoms with Crippen LogP contribution in [0.1, 0.15) is 18.4 Å². The van der Waals surface area contributed by atoms with Crippen LogP contribution in [0.15, 0.2) is 77.0 Å². The maximum atomic E-state index is 11.7. The number of rotatable bonds is 11. The molecule has 0 bridgehead atoms. The molecule has 1 fully saturated rings. The van der Waals surface area contributed by atoms with Crippen LogP contribution < -0.4 is 9.47 Å². The molecule has 1 saturated heterocycles. The summed E-state index contributed by atoms with van der Waals surface area (Å²) in [5, 5.41) is 20.7. The van der Waals surface area contributed by atoms with E-state index in [4.69, 9.17) is 14.2 Å². The lowest BCUT2D eigenvalue weighted by molar-refractivity contribution is -0.159. The van der Waals surface area contributed by atoms with Gasteiger partial charge in [0.1, 0.15) is 35.8 Å². The Hall–Kier alpha value is -3.14. The van der Waals surface area contributed by atoms with Gasteiger partial charge in [0.2, 0.25) is 0 Å². The first-order valence-electron chi connectivity index (χ1n) is 11.0. The molecule has 0 saturated carbocycles. The number of carboxylic acids is 1. The minimum absolute atomic E-state index is 0.0463. The fourth-order valence-corrected chi connectivity index (χ4v) is 4.39. The van der Waals surface area contributed by atoms with Crippen molar-refractivity contribution in [3.8, 4) is 11.5 Å². The lowest BCUT2D eigenvalue weighted by Gasteiger charge is -2.23. The van der Waals surface area contributed by atoms with Crippen molar-refractivity contribution in [1.82, 2.24) is 9.97 Å². The quantitative estimate of drug-likeness (QED) is 0.423. The smallest absolute Gasteiger partial charge is 0.336 e. The van der Waals surface area contributed by atoms with Gasteiger partial charge in [-0.25, -0.2) is 9.78 Å². The summed E-state index contributed by atoms with van der Waals surface area (Å²) in [7, 11) is 0. The van der Waals surface area contributed by atoms with Gasteiger partial charge in [-0.3, -0.25) is 4.98 Å². The maximum absolute atomic E-state index is 11.7. The first-order chi connectivity index (χ1) is 16.5. The zero-order valence-corrected chi connectivity index (χ0v) is 19.3. The van der Waals surface area contributed by atoms with Crippen LogP contribution in [0, 0.1) is 0 Å². The highest BCUT2D eigenvalue weighted by Gasteiger charge is 2.42. The number of carbonyl (C=O) groups is 1. The number of hydrogen-bond donors (Lipinski definition) is 2. The summed E-state index contributed by atoms with van der Waals surface area (Å²) in [6.07, 6.45) is 5.65. The Balaban J connectivity index is 1.24. The first-order valence-corrected chi connectivity index (χ1v) is 11.8. The van der Waals surface area contributed by atoms with Crippen molar-refractivity contribution in [3.05, 3.63) is 72.7 Å². The SMILES string of the molecule is O=C(O)C1(Cc2cccc(OC[C@H](O)COc3ccc(Sc4cnccn4)cc3)c2)CCCO1. The molecule has 8 nitrogen and oxygen atoms in total.